The molecule has 0 atom stereocenters. The Morgan fingerprint density at radius 1 is 1.27 bits per heavy atom. The maximum atomic E-state index is 12.8. The van der Waals surface area contributed by atoms with Gasteiger partial charge in [0.15, 0.2) is 0 Å². The van der Waals surface area contributed by atoms with Crippen molar-refractivity contribution < 1.29 is 23.1 Å². The van der Waals surface area contributed by atoms with Crippen LogP contribution in [0.3, 0.4) is 0 Å². The number of rotatable bonds is 6. The molecule has 0 aliphatic carbocycles. The van der Waals surface area contributed by atoms with E-state index in [2.05, 4.69) is 10.0 Å². The zero-order valence-electron chi connectivity index (χ0n) is 14.8. The van der Waals surface area contributed by atoms with Gasteiger partial charge in [-0.15, -0.1) is 0 Å². The first kappa shape index (κ1) is 20.1. The van der Waals surface area contributed by atoms with Gasteiger partial charge in [0.05, 0.1) is 16.0 Å². The van der Waals surface area contributed by atoms with E-state index in [1.165, 1.54) is 4.90 Å². The molecule has 0 radical (unpaired) electrons. The Balaban J connectivity index is 2.53. The fourth-order valence-corrected chi connectivity index (χ4v) is 3.98. The van der Waals surface area contributed by atoms with Crippen molar-refractivity contribution in [1.29, 1.82) is 0 Å². The fourth-order valence-electron chi connectivity index (χ4n) is 2.56. The number of benzene rings is 1. The molecule has 10 heteroatoms. The lowest BCUT2D eigenvalue weighted by atomic mass is 10.1. The molecule has 1 aliphatic rings. The van der Waals surface area contributed by atoms with Gasteiger partial charge in [0.2, 0.25) is 10.0 Å². The van der Waals surface area contributed by atoms with E-state index in [1.807, 2.05) is 13.8 Å². The Bertz CT molecular complexity index is 801. The van der Waals surface area contributed by atoms with Crippen LogP contribution in [0.25, 0.3) is 0 Å². The topological polar surface area (TPSA) is 142 Å². The molecule has 9 nitrogen and oxygen atoms in total. The molecule has 0 bridgehead atoms. The molecule has 1 aromatic carbocycles. The van der Waals surface area contributed by atoms with Crippen molar-refractivity contribution in [2.45, 2.75) is 18.7 Å². The number of carboxylic acids is 1. The normalized spacial score (nSPS) is 15.3. The summed E-state index contributed by atoms with van der Waals surface area (Å²) >= 11 is 0. The molecular formula is C16H24N4O5S. The van der Waals surface area contributed by atoms with Crippen LogP contribution in [0.5, 0.6) is 0 Å². The monoisotopic (exact) mass is 384 g/mol. The number of amides is 1. The maximum absolute atomic E-state index is 12.8. The number of carboxylic acid groups (broad SMARTS) is 1. The van der Waals surface area contributed by atoms with E-state index in [1.54, 1.807) is 0 Å². The zero-order chi connectivity index (χ0) is 19.5. The number of hydrogen-bond donors (Lipinski definition) is 4. The number of aromatic carboxylic acids is 1. The van der Waals surface area contributed by atoms with E-state index in [9.17, 15) is 23.1 Å². The van der Waals surface area contributed by atoms with Gasteiger partial charge < -0.3 is 21.1 Å². The van der Waals surface area contributed by atoms with E-state index in [0.29, 0.717) is 26.2 Å². The van der Waals surface area contributed by atoms with Gasteiger partial charge >= 0.3 is 5.97 Å². The summed E-state index contributed by atoms with van der Waals surface area (Å²) in [5, 5.41) is 12.4. The lowest BCUT2D eigenvalue weighted by Crippen LogP contribution is -2.46. The van der Waals surface area contributed by atoms with Crippen LogP contribution >= 0.6 is 0 Å². The average molecular weight is 384 g/mol. The molecule has 1 aliphatic heterocycles. The summed E-state index contributed by atoms with van der Waals surface area (Å²) in [4.78, 5) is 25.3. The number of nitrogens with zero attached hydrogens (tertiary/aromatic N) is 1. The largest absolute Gasteiger partial charge is 0.478 e. The highest BCUT2D eigenvalue weighted by atomic mass is 32.2. The maximum Gasteiger partial charge on any atom is 0.337 e. The van der Waals surface area contributed by atoms with Crippen LogP contribution in [0.15, 0.2) is 17.0 Å². The molecule has 0 spiro atoms. The molecule has 26 heavy (non-hydrogen) atoms. The SMILES string of the molecule is CC(C)CNS(=O)(=O)c1cc(C(=O)O)c(N)cc1C(=O)N1CCNCC1. The highest BCUT2D eigenvalue weighted by Gasteiger charge is 2.29. The number of nitrogens with one attached hydrogen (secondary N) is 2. The van der Waals surface area contributed by atoms with Gasteiger partial charge in [-0.3, -0.25) is 4.79 Å². The molecule has 0 saturated carbocycles. The number of anilines is 1. The first-order valence-electron chi connectivity index (χ1n) is 8.30. The summed E-state index contributed by atoms with van der Waals surface area (Å²) in [5.74, 6) is -1.80. The van der Waals surface area contributed by atoms with Gasteiger partial charge in [-0.25, -0.2) is 17.9 Å². The van der Waals surface area contributed by atoms with Crippen LogP contribution in [0.2, 0.25) is 0 Å². The first-order valence-corrected chi connectivity index (χ1v) is 9.78. The molecule has 0 aromatic heterocycles. The molecule has 5 N–H and O–H groups in total. The molecule has 1 saturated heterocycles. The number of carbonyl (C=O) groups excluding carboxylic acids is 1. The predicted molar refractivity (Wildman–Crippen MR) is 96.6 cm³/mol. The van der Waals surface area contributed by atoms with Crippen LogP contribution in [0.4, 0.5) is 5.69 Å². The van der Waals surface area contributed by atoms with E-state index in [-0.39, 0.29) is 34.2 Å². The number of sulfonamides is 1. The van der Waals surface area contributed by atoms with E-state index in [0.717, 1.165) is 12.1 Å². The smallest absolute Gasteiger partial charge is 0.337 e. The number of hydrogen-bond acceptors (Lipinski definition) is 6. The summed E-state index contributed by atoms with van der Waals surface area (Å²) in [6.07, 6.45) is 0. The summed E-state index contributed by atoms with van der Waals surface area (Å²) in [5.41, 5.74) is 5.12. The second kappa shape index (κ2) is 8.02. The van der Waals surface area contributed by atoms with Crippen molar-refractivity contribution >= 4 is 27.6 Å². The minimum Gasteiger partial charge on any atom is -0.478 e. The molecule has 0 unspecified atom stereocenters. The summed E-state index contributed by atoms with van der Waals surface area (Å²) in [6, 6.07) is 2.09. The van der Waals surface area contributed by atoms with Crippen molar-refractivity contribution in [2.24, 2.45) is 5.92 Å². The number of nitrogens with two attached hydrogens (primary N) is 1. The van der Waals surface area contributed by atoms with Crippen LogP contribution in [0, 0.1) is 5.92 Å². The quantitative estimate of drug-likeness (QED) is 0.504. The van der Waals surface area contributed by atoms with Crippen molar-refractivity contribution in [3.63, 3.8) is 0 Å². The fraction of sp³-hybridized carbons (Fsp3) is 0.500. The zero-order valence-corrected chi connectivity index (χ0v) is 15.6. The molecule has 1 heterocycles. The predicted octanol–water partition coefficient (Wildman–Crippen LogP) is -0.0533. The van der Waals surface area contributed by atoms with Crippen LogP contribution < -0.4 is 15.8 Å². The number of piperazine rings is 1. The van der Waals surface area contributed by atoms with Crippen molar-refractivity contribution in [2.75, 3.05) is 38.5 Å². The second-order valence-corrected chi connectivity index (χ2v) is 8.26. The third-order valence-electron chi connectivity index (χ3n) is 3.99. The molecular weight excluding hydrogens is 360 g/mol. The molecule has 1 fully saturated rings. The van der Waals surface area contributed by atoms with E-state index >= 15 is 0 Å². The average Bonchev–Trinajstić information content (AvgIpc) is 2.59. The second-order valence-electron chi connectivity index (χ2n) is 6.53. The molecule has 2 rings (SSSR count). The minimum absolute atomic E-state index is 0.0461. The Hall–Kier alpha value is -2.17. The van der Waals surface area contributed by atoms with Crippen molar-refractivity contribution in [3.05, 3.63) is 23.3 Å². The Kier molecular flexibility index (Phi) is 6.21. The number of nitrogen functional groups attached to an aromatic ring is 1. The molecule has 1 amide bonds. The first-order chi connectivity index (χ1) is 12.1. The Labute approximate surface area is 152 Å². The molecule has 144 valence electrons. The highest BCUT2D eigenvalue weighted by Crippen LogP contribution is 2.25. The third-order valence-corrected chi connectivity index (χ3v) is 5.45. The standard InChI is InChI=1S/C16H24N4O5S/c1-10(2)9-19-26(24,25)14-8-11(16(22)23)13(17)7-12(14)15(21)20-5-3-18-4-6-20/h7-8,10,18-19H,3-6,9,17H2,1-2H3,(H,22,23). The van der Waals surface area contributed by atoms with Gasteiger partial charge in [0.1, 0.15) is 0 Å². The molecule has 1 aromatic rings. The highest BCUT2D eigenvalue weighted by molar-refractivity contribution is 7.89. The van der Waals surface area contributed by atoms with Gasteiger partial charge in [0.25, 0.3) is 5.91 Å². The lowest BCUT2D eigenvalue weighted by Gasteiger charge is -2.28. The van der Waals surface area contributed by atoms with Crippen LogP contribution in [-0.2, 0) is 10.0 Å². The summed E-state index contributed by atoms with van der Waals surface area (Å²) in [6.45, 7) is 5.89. The van der Waals surface area contributed by atoms with Gasteiger partial charge in [0, 0.05) is 38.4 Å². The lowest BCUT2D eigenvalue weighted by molar-refractivity contribution is 0.0692. The van der Waals surface area contributed by atoms with Gasteiger partial charge in [-0.1, -0.05) is 13.8 Å². The van der Waals surface area contributed by atoms with E-state index < -0.39 is 21.9 Å². The Morgan fingerprint density at radius 3 is 2.42 bits per heavy atom. The summed E-state index contributed by atoms with van der Waals surface area (Å²) < 4.78 is 27.8. The van der Waals surface area contributed by atoms with Crippen LogP contribution in [0.1, 0.15) is 34.6 Å². The van der Waals surface area contributed by atoms with Crippen molar-refractivity contribution in [3.8, 4) is 0 Å². The van der Waals surface area contributed by atoms with Crippen LogP contribution in [-0.4, -0.2) is 63.0 Å². The summed E-state index contributed by atoms with van der Waals surface area (Å²) in [7, 11) is -4.07. The number of carbonyl (C=O) groups is 2. The minimum atomic E-state index is -4.07. The third kappa shape index (κ3) is 4.51. The van der Waals surface area contributed by atoms with Crippen molar-refractivity contribution in [1.82, 2.24) is 14.9 Å². The Morgan fingerprint density at radius 2 is 1.88 bits per heavy atom. The van der Waals surface area contributed by atoms with Gasteiger partial charge in [-0.05, 0) is 18.1 Å². The van der Waals surface area contributed by atoms with Gasteiger partial charge in [-0.2, -0.15) is 0 Å². The van der Waals surface area contributed by atoms with E-state index in [4.69, 9.17) is 5.73 Å².